The number of primary amides is 1. The summed E-state index contributed by atoms with van der Waals surface area (Å²) < 4.78 is 2.02. The summed E-state index contributed by atoms with van der Waals surface area (Å²) in [5, 5.41) is 13.8. The first kappa shape index (κ1) is 20.4. The van der Waals surface area contributed by atoms with Gasteiger partial charge in [0, 0.05) is 22.4 Å². The van der Waals surface area contributed by atoms with E-state index in [1.807, 2.05) is 42.5 Å². The van der Waals surface area contributed by atoms with E-state index in [0.29, 0.717) is 16.3 Å². The van der Waals surface area contributed by atoms with Crippen molar-refractivity contribution in [1.82, 2.24) is 14.6 Å². The van der Waals surface area contributed by atoms with Crippen molar-refractivity contribution >= 4 is 56.5 Å². The first-order valence-corrected chi connectivity index (χ1v) is 11.2. The number of rotatable bonds is 6. The molecule has 0 radical (unpaired) electrons. The predicted molar refractivity (Wildman–Crippen MR) is 122 cm³/mol. The van der Waals surface area contributed by atoms with Gasteiger partial charge in [0.05, 0.1) is 11.1 Å². The van der Waals surface area contributed by atoms with Gasteiger partial charge in [-0.15, -0.1) is 21.5 Å². The number of pyridine rings is 1. The molecule has 0 saturated carbocycles. The van der Waals surface area contributed by atoms with Crippen molar-refractivity contribution in [2.75, 3.05) is 11.1 Å². The van der Waals surface area contributed by atoms with Gasteiger partial charge in [-0.3, -0.25) is 14.0 Å². The van der Waals surface area contributed by atoms with Crippen molar-refractivity contribution in [2.45, 2.75) is 32.3 Å². The van der Waals surface area contributed by atoms with E-state index in [-0.39, 0.29) is 12.3 Å². The monoisotopic (exact) mass is 439 g/mol. The van der Waals surface area contributed by atoms with E-state index in [4.69, 9.17) is 5.73 Å². The molecule has 30 heavy (non-hydrogen) atoms. The number of aromatic nitrogens is 3. The highest BCUT2D eigenvalue weighted by molar-refractivity contribution is 7.99. The molecule has 3 aromatic heterocycles. The lowest BCUT2D eigenvalue weighted by atomic mass is 10.1. The number of anilines is 1. The molecule has 4 aromatic rings. The Hall–Kier alpha value is -2.91. The summed E-state index contributed by atoms with van der Waals surface area (Å²) in [6.07, 6.45) is 0.275. The number of nitrogens with one attached hydrogen (secondary N) is 1. The zero-order valence-electron chi connectivity index (χ0n) is 16.9. The number of thiophene rings is 1. The standard InChI is InChI=1S/C21H21N5O2S2/c1-11-10-16-24-25-21(26(16)15-7-5-4-6-14(11)15)29-9-8-17(27)23-20-18(19(22)28)12(2)13(3)30-20/h4-7,10H,8-9H2,1-3H3,(H2,22,28)(H,23,27). The van der Waals surface area contributed by atoms with Gasteiger partial charge in [0.25, 0.3) is 5.91 Å². The van der Waals surface area contributed by atoms with Crippen LogP contribution in [0.25, 0.3) is 16.6 Å². The first-order valence-electron chi connectivity index (χ1n) is 9.42. The Balaban J connectivity index is 1.48. The van der Waals surface area contributed by atoms with Gasteiger partial charge in [-0.1, -0.05) is 30.0 Å². The minimum absolute atomic E-state index is 0.166. The summed E-state index contributed by atoms with van der Waals surface area (Å²) >= 11 is 2.84. The Morgan fingerprint density at radius 2 is 1.97 bits per heavy atom. The molecule has 0 fully saturated rings. The van der Waals surface area contributed by atoms with Gasteiger partial charge < -0.3 is 11.1 Å². The summed E-state index contributed by atoms with van der Waals surface area (Å²) in [5.41, 5.74) is 9.65. The van der Waals surface area contributed by atoms with Crippen LogP contribution in [0.2, 0.25) is 0 Å². The van der Waals surface area contributed by atoms with Crippen LogP contribution in [0, 0.1) is 20.8 Å². The number of nitrogens with two attached hydrogens (primary N) is 1. The lowest BCUT2D eigenvalue weighted by molar-refractivity contribution is -0.115. The minimum Gasteiger partial charge on any atom is -0.365 e. The molecular formula is C21H21N5O2S2. The molecule has 0 spiro atoms. The SMILES string of the molecule is Cc1sc(NC(=O)CCSc2nnc3cc(C)c4ccccc4n23)c(C(N)=O)c1C. The lowest BCUT2D eigenvalue weighted by Gasteiger charge is -2.07. The zero-order chi connectivity index (χ0) is 21.4. The van der Waals surface area contributed by atoms with E-state index in [9.17, 15) is 9.59 Å². The highest BCUT2D eigenvalue weighted by Crippen LogP contribution is 2.32. The Labute approximate surface area is 181 Å². The predicted octanol–water partition coefficient (Wildman–Crippen LogP) is 4.09. The largest absolute Gasteiger partial charge is 0.365 e. The van der Waals surface area contributed by atoms with Crippen molar-refractivity contribution in [3.63, 3.8) is 0 Å². The van der Waals surface area contributed by atoms with E-state index in [1.54, 1.807) is 0 Å². The number of fused-ring (bicyclic) bond motifs is 3. The Bertz CT molecular complexity index is 1290. The molecule has 1 aromatic carbocycles. The second kappa shape index (κ2) is 8.08. The number of amides is 2. The number of hydrogen-bond acceptors (Lipinski definition) is 6. The molecule has 0 atom stereocenters. The molecule has 2 amide bonds. The number of hydrogen-bond donors (Lipinski definition) is 2. The highest BCUT2D eigenvalue weighted by atomic mass is 32.2. The van der Waals surface area contributed by atoms with Crippen molar-refractivity contribution < 1.29 is 9.59 Å². The smallest absolute Gasteiger partial charge is 0.251 e. The highest BCUT2D eigenvalue weighted by Gasteiger charge is 2.19. The van der Waals surface area contributed by atoms with Crippen LogP contribution in [0.4, 0.5) is 5.00 Å². The van der Waals surface area contributed by atoms with Crippen molar-refractivity contribution in [3.05, 3.63) is 51.9 Å². The molecule has 0 aliphatic rings. The van der Waals surface area contributed by atoms with Crippen LogP contribution in [0.1, 0.15) is 32.8 Å². The molecule has 3 N–H and O–H groups in total. The number of benzene rings is 1. The van der Waals surface area contributed by atoms with Gasteiger partial charge in [0.2, 0.25) is 5.91 Å². The van der Waals surface area contributed by atoms with Crippen LogP contribution in [0.3, 0.4) is 0 Å². The Morgan fingerprint density at radius 1 is 1.20 bits per heavy atom. The summed E-state index contributed by atoms with van der Waals surface area (Å²) in [4.78, 5) is 25.1. The van der Waals surface area contributed by atoms with Crippen LogP contribution in [0.15, 0.2) is 35.5 Å². The summed E-state index contributed by atoms with van der Waals surface area (Å²) in [6.45, 7) is 5.79. The average molecular weight is 440 g/mol. The minimum atomic E-state index is -0.529. The van der Waals surface area contributed by atoms with Crippen molar-refractivity contribution in [1.29, 1.82) is 0 Å². The van der Waals surface area contributed by atoms with Gasteiger partial charge in [-0.25, -0.2) is 0 Å². The molecule has 9 heteroatoms. The van der Waals surface area contributed by atoms with E-state index in [2.05, 4.69) is 28.5 Å². The number of nitrogens with zero attached hydrogens (tertiary/aromatic N) is 3. The zero-order valence-corrected chi connectivity index (χ0v) is 18.5. The normalized spacial score (nSPS) is 11.3. The van der Waals surface area contributed by atoms with Gasteiger partial charge in [-0.2, -0.15) is 0 Å². The Morgan fingerprint density at radius 3 is 2.73 bits per heavy atom. The molecule has 0 aliphatic carbocycles. The molecular weight excluding hydrogens is 418 g/mol. The molecule has 4 rings (SSSR count). The maximum absolute atomic E-state index is 12.4. The number of thioether (sulfide) groups is 1. The first-order chi connectivity index (χ1) is 14.4. The molecule has 0 unspecified atom stereocenters. The van der Waals surface area contributed by atoms with Gasteiger partial charge in [0.1, 0.15) is 5.00 Å². The quantitative estimate of drug-likeness (QED) is 0.441. The van der Waals surface area contributed by atoms with Gasteiger partial charge >= 0.3 is 0 Å². The molecule has 3 heterocycles. The molecule has 0 bridgehead atoms. The summed E-state index contributed by atoms with van der Waals surface area (Å²) in [6, 6.07) is 10.1. The molecule has 7 nitrogen and oxygen atoms in total. The Kier molecular flexibility index (Phi) is 5.48. The maximum Gasteiger partial charge on any atom is 0.251 e. The van der Waals surface area contributed by atoms with Gasteiger partial charge in [-0.05, 0) is 44.0 Å². The average Bonchev–Trinajstić information content (AvgIpc) is 3.22. The number of para-hydroxylation sites is 1. The fourth-order valence-corrected chi connectivity index (χ4v) is 5.38. The maximum atomic E-state index is 12.4. The van der Waals surface area contributed by atoms with Crippen molar-refractivity contribution in [3.8, 4) is 0 Å². The molecule has 0 aliphatic heterocycles. The second-order valence-electron chi connectivity index (χ2n) is 7.02. The van der Waals surface area contributed by atoms with E-state index < -0.39 is 5.91 Å². The lowest BCUT2D eigenvalue weighted by Crippen LogP contribution is -2.17. The topological polar surface area (TPSA) is 102 Å². The third-order valence-corrected chi connectivity index (χ3v) is 7.07. The van der Waals surface area contributed by atoms with Crippen LogP contribution in [-0.4, -0.2) is 32.2 Å². The fourth-order valence-electron chi connectivity index (χ4n) is 3.40. The molecule has 0 saturated heterocycles. The second-order valence-corrected chi connectivity index (χ2v) is 9.31. The van der Waals surface area contributed by atoms with Crippen LogP contribution in [-0.2, 0) is 4.79 Å². The van der Waals surface area contributed by atoms with Crippen LogP contribution >= 0.6 is 23.1 Å². The summed E-state index contributed by atoms with van der Waals surface area (Å²) in [7, 11) is 0. The fraction of sp³-hybridized carbons (Fsp3) is 0.238. The summed E-state index contributed by atoms with van der Waals surface area (Å²) in [5.74, 6) is -0.163. The van der Waals surface area contributed by atoms with Crippen molar-refractivity contribution in [2.24, 2.45) is 5.73 Å². The van der Waals surface area contributed by atoms with Crippen LogP contribution < -0.4 is 11.1 Å². The van der Waals surface area contributed by atoms with E-state index in [1.165, 1.54) is 23.1 Å². The third kappa shape index (κ3) is 3.66. The number of carbonyl (C=O) groups is 2. The van der Waals surface area contributed by atoms with E-state index in [0.717, 1.165) is 37.7 Å². The molecule has 154 valence electrons. The van der Waals surface area contributed by atoms with Crippen LogP contribution in [0.5, 0.6) is 0 Å². The van der Waals surface area contributed by atoms with E-state index >= 15 is 0 Å². The number of aryl methyl sites for hydroxylation is 2. The third-order valence-electron chi connectivity index (χ3n) is 5.02. The van der Waals surface area contributed by atoms with Gasteiger partial charge in [0.15, 0.2) is 10.8 Å². The number of carbonyl (C=O) groups excluding carboxylic acids is 2.